The van der Waals surface area contributed by atoms with E-state index in [2.05, 4.69) is 5.10 Å². The highest BCUT2D eigenvalue weighted by atomic mass is 35.5. The van der Waals surface area contributed by atoms with E-state index in [1.807, 2.05) is 23.9 Å². The van der Waals surface area contributed by atoms with Crippen LogP contribution in [0, 0.1) is 0 Å². The second-order valence-electron chi connectivity index (χ2n) is 5.48. The van der Waals surface area contributed by atoms with E-state index in [-0.39, 0.29) is 0 Å². The lowest BCUT2D eigenvalue weighted by atomic mass is 9.89. The summed E-state index contributed by atoms with van der Waals surface area (Å²) in [6, 6.07) is 5.50. The van der Waals surface area contributed by atoms with Crippen LogP contribution in [-0.4, -0.2) is 14.8 Å². The second-order valence-corrected chi connectivity index (χ2v) is 5.92. The average Bonchev–Trinajstić information content (AvgIpc) is 2.82. The SMILES string of the molecule is Cn1nc(C2CCCCC2)nc1-c1ccc(Cl)cc1N. The summed E-state index contributed by atoms with van der Waals surface area (Å²) in [5, 5.41) is 5.23. The first-order valence-corrected chi connectivity index (χ1v) is 7.49. The van der Waals surface area contributed by atoms with Gasteiger partial charge in [-0.05, 0) is 31.0 Å². The number of rotatable bonds is 2. The minimum atomic E-state index is 0.497. The van der Waals surface area contributed by atoms with Gasteiger partial charge in [0.1, 0.15) is 0 Å². The molecule has 1 aliphatic rings. The van der Waals surface area contributed by atoms with E-state index in [0.29, 0.717) is 16.6 Å². The molecule has 2 N–H and O–H groups in total. The fourth-order valence-electron chi connectivity index (χ4n) is 2.91. The number of aryl methyl sites for hydroxylation is 1. The molecule has 106 valence electrons. The molecule has 0 unspecified atom stereocenters. The third-order valence-corrected chi connectivity index (χ3v) is 4.24. The van der Waals surface area contributed by atoms with Crippen molar-refractivity contribution in [1.29, 1.82) is 0 Å². The van der Waals surface area contributed by atoms with E-state index in [4.69, 9.17) is 22.3 Å². The molecule has 0 saturated heterocycles. The summed E-state index contributed by atoms with van der Waals surface area (Å²) in [5.41, 5.74) is 7.58. The number of hydrogen-bond donors (Lipinski definition) is 1. The van der Waals surface area contributed by atoms with Gasteiger partial charge in [0.15, 0.2) is 11.6 Å². The number of halogens is 1. The summed E-state index contributed by atoms with van der Waals surface area (Å²) >= 11 is 5.95. The molecule has 20 heavy (non-hydrogen) atoms. The Labute approximate surface area is 124 Å². The predicted octanol–water partition coefficient (Wildman–Crippen LogP) is 3.77. The molecule has 2 aromatic rings. The molecule has 0 radical (unpaired) electrons. The summed E-state index contributed by atoms with van der Waals surface area (Å²) in [6.07, 6.45) is 6.28. The van der Waals surface area contributed by atoms with Gasteiger partial charge in [-0.1, -0.05) is 30.9 Å². The number of nitrogens with zero attached hydrogens (tertiary/aromatic N) is 3. The normalized spacial score (nSPS) is 16.5. The van der Waals surface area contributed by atoms with Gasteiger partial charge in [0, 0.05) is 29.2 Å². The van der Waals surface area contributed by atoms with Gasteiger partial charge in [-0.15, -0.1) is 0 Å². The van der Waals surface area contributed by atoms with Gasteiger partial charge in [-0.25, -0.2) is 9.67 Å². The maximum Gasteiger partial charge on any atom is 0.160 e. The molecular formula is C15H19ClN4. The van der Waals surface area contributed by atoms with Gasteiger partial charge >= 0.3 is 0 Å². The average molecular weight is 291 g/mol. The van der Waals surface area contributed by atoms with Gasteiger partial charge < -0.3 is 5.73 Å². The van der Waals surface area contributed by atoms with Crippen LogP contribution in [0.5, 0.6) is 0 Å². The van der Waals surface area contributed by atoms with E-state index >= 15 is 0 Å². The van der Waals surface area contributed by atoms with Crippen molar-refractivity contribution in [3.8, 4) is 11.4 Å². The topological polar surface area (TPSA) is 56.7 Å². The smallest absolute Gasteiger partial charge is 0.160 e. The first-order chi connectivity index (χ1) is 9.65. The van der Waals surface area contributed by atoms with Gasteiger partial charge in [-0.2, -0.15) is 5.10 Å². The molecule has 3 rings (SSSR count). The van der Waals surface area contributed by atoms with Crippen molar-refractivity contribution in [2.45, 2.75) is 38.0 Å². The van der Waals surface area contributed by atoms with Gasteiger partial charge in [0.25, 0.3) is 0 Å². The zero-order valence-electron chi connectivity index (χ0n) is 11.6. The number of nitrogen functional groups attached to an aromatic ring is 1. The fourth-order valence-corrected chi connectivity index (χ4v) is 3.09. The fraction of sp³-hybridized carbons (Fsp3) is 0.467. The summed E-state index contributed by atoms with van der Waals surface area (Å²) in [4.78, 5) is 4.72. The summed E-state index contributed by atoms with van der Waals surface area (Å²) < 4.78 is 1.82. The van der Waals surface area contributed by atoms with E-state index in [1.54, 1.807) is 6.07 Å². The Morgan fingerprint density at radius 3 is 2.70 bits per heavy atom. The second kappa shape index (κ2) is 5.44. The third-order valence-electron chi connectivity index (χ3n) is 4.00. The number of aromatic nitrogens is 3. The van der Waals surface area contributed by atoms with Crippen LogP contribution in [0.15, 0.2) is 18.2 Å². The third kappa shape index (κ3) is 2.52. The van der Waals surface area contributed by atoms with E-state index in [0.717, 1.165) is 17.2 Å². The Balaban J connectivity index is 1.95. The molecule has 1 aromatic heterocycles. The van der Waals surface area contributed by atoms with Crippen molar-refractivity contribution in [1.82, 2.24) is 14.8 Å². The van der Waals surface area contributed by atoms with Crippen molar-refractivity contribution in [2.75, 3.05) is 5.73 Å². The molecule has 1 saturated carbocycles. The van der Waals surface area contributed by atoms with Crippen LogP contribution < -0.4 is 5.73 Å². The maximum absolute atomic E-state index is 6.04. The highest BCUT2D eigenvalue weighted by Crippen LogP contribution is 2.33. The molecule has 5 heteroatoms. The quantitative estimate of drug-likeness (QED) is 0.857. The van der Waals surface area contributed by atoms with Crippen LogP contribution in [0.25, 0.3) is 11.4 Å². The van der Waals surface area contributed by atoms with Crippen LogP contribution in [0.4, 0.5) is 5.69 Å². The lowest BCUT2D eigenvalue weighted by Gasteiger charge is -2.18. The molecule has 1 aliphatic carbocycles. The first kappa shape index (κ1) is 13.4. The van der Waals surface area contributed by atoms with Crippen LogP contribution in [0.3, 0.4) is 0 Å². The molecule has 0 amide bonds. The molecule has 1 fully saturated rings. The van der Waals surface area contributed by atoms with Crippen molar-refractivity contribution in [2.24, 2.45) is 7.05 Å². The van der Waals surface area contributed by atoms with E-state index in [1.165, 1.54) is 32.1 Å². The van der Waals surface area contributed by atoms with Gasteiger partial charge in [0.2, 0.25) is 0 Å². The van der Waals surface area contributed by atoms with Crippen molar-refractivity contribution in [3.05, 3.63) is 29.0 Å². The Morgan fingerprint density at radius 2 is 2.00 bits per heavy atom. The Kier molecular flexibility index (Phi) is 3.66. The zero-order valence-corrected chi connectivity index (χ0v) is 12.4. The van der Waals surface area contributed by atoms with Crippen LogP contribution in [0.2, 0.25) is 5.02 Å². The molecule has 0 atom stereocenters. The molecule has 4 nitrogen and oxygen atoms in total. The van der Waals surface area contributed by atoms with Crippen molar-refractivity contribution < 1.29 is 0 Å². The lowest BCUT2D eigenvalue weighted by Crippen LogP contribution is -2.06. The van der Waals surface area contributed by atoms with Crippen LogP contribution >= 0.6 is 11.6 Å². The van der Waals surface area contributed by atoms with Crippen LogP contribution in [0.1, 0.15) is 43.8 Å². The highest BCUT2D eigenvalue weighted by molar-refractivity contribution is 6.31. The molecule has 0 spiro atoms. The molecule has 1 aromatic carbocycles. The van der Waals surface area contributed by atoms with Gasteiger partial charge in [-0.3, -0.25) is 0 Å². The maximum atomic E-state index is 6.04. The number of hydrogen-bond acceptors (Lipinski definition) is 3. The standard InChI is InChI=1S/C15H19ClN4/c1-20-15(12-8-7-11(16)9-13(12)17)18-14(19-20)10-5-3-2-4-6-10/h7-10H,2-6,17H2,1H3. The lowest BCUT2D eigenvalue weighted by molar-refractivity contribution is 0.427. The molecule has 1 heterocycles. The Bertz CT molecular complexity index is 614. The monoisotopic (exact) mass is 290 g/mol. The number of anilines is 1. The van der Waals surface area contributed by atoms with Crippen LogP contribution in [-0.2, 0) is 7.05 Å². The van der Waals surface area contributed by atoms with Crippen molar-refractivity contribution >= 4 is 17.3 Å². The van der Waals surface area contributed by atoms with Crippen molar-refractivity contribution in [3.63, 3.8) is 0 Å². The predicted molar refractivity (Wildman–Crippen MR) is 81.7 cm³/mol. The number of benzene rings is 1. The summed E-state index contributed by atoms with van der Waals surface area (Å²) in [6.45, 7) is 0. The molecule has 0 bridgehead atoms. The highest BCUT2D eigenvalue weighted by Gasteiger charge is 2.21. The molecule has 0 aliphatic heterocycles. The largest absolute Gasteiger partial charge is 0.398 e. The minimum absolute atomic E-state index is 0.497. The summed E-state index contributed by atoms with van der Waals surface area (Å²) in [7, 11) is 1.92. The Morgan fingerprint density at radius 1 is 1.25 bits per heavy atom. The van der Waals surface area contributed by atoms with E-state index < -0.39 is 0 Å². The van der Waals surface area contributed by atoms with Gasteiger partial charge in [0.05, 0.1) is 0 Å². The Hall–Kier alpha value is -1.55. The number of nitrogens with two attached hydrogens (primary N) is 1. The zero-order chi connectivity index (χ0) is 14.1. The van der Waals surface area contributed by atoms with E-state index in [9.17, 15) is 0 Å². The minimum Gasteiger partial charge on any atom is -0.398 e. The molecular weight excluding hydrogens is 272 g/mol. The first-order valence-electron chi connectivity index (χ1n) is 7.11. The summed E-state index contributed by atoms with van der Waals surface area (Å²) in [5.74, 6) is 2.27.